The Balaban J connectivity index is 1.87. The van der Waals surface area contributed by atoms with Crippen LogP contribution in [0.4, 0.5) is 5.69 Å². The second-order valence-corrected chi connectivity index (χ2v) is 11.3. The Morgan fingerprint density at radius 3 is 2.26 bits per heavy atom. The first kappa shape index (κ1) is 19.9. The van der Waals surface area contributed by atoms with Crippen LogP contribution in [0.1, 0.15) is 30.5 Å². The number of sulfonamides is 2. The first-order valence-corrected chi connectivity index (χ1v) is 11.8. The van der Waals surface area contributed by atoms with Gasteiger partial charge in [0.25, 0.3) is 0 Å². The molecule has 0 saturated heterocycles. The van der Waals surface area contributed by atoms with Crippen LogP contribution in [0.15, 0.2) is 47.4 Å². The van der Waals surface area contributed by atoms with Crippen LogP contribution in [0.5, 0.6) is 0 Å². The molecule has 27 heavy (non-hydrogen) atoms. The van der Waals surface area contributed by atoms with Crippen LogP contribution in [-0.4, -0.2) is 32.9 Å². The monoisotopic (exact) mass is 408 g/mol. The molecule has 0 unspecified atom stereocenters. The van der Waals surface area contributed by atoms with Crippen molar-refractivity contribution in [2.75, 3.05) is 11.3 Å². The summed E-state index contributed by atoms with van der Waals surface area (Å²) in [6.45, 7) is 5.75. The molecule has 0 aromatic heterocycles. The van der Waals surface area contributed by atoms with Gasteiger partial charge in [0.05, 0.1) is 10.1 Å². The average Bonchev–Trinajstić information content (AvgIpc) is 2.61. The molecule has 8 heteroatoms. The SMILES string of the molecule is Cc1ccc(S(=O)(=O)N2CCc3ccc(NS(=O)(=O)C(C)C)cc3C2)cc1. The quantitative estimate of drug-likeness (QED) is 0.825. The number of aryl methyl sites for hydroxylation is 1. The van der Waals surface area contributed by atoms with Crippen molar-refractivity contribution in [2.24, 2.45) is 0 Å². The second-order valence-electron chi connectivity index (χ2n) is 7.08. The van der Waals surface area contributed by atoms with Crippen molar-refractivity contribution < 1.29 is 16.8 Å². The minimum absolute atomic E-state index is 0.225. The van der Waals surface area contributed by atoms with E-state index in [9.17, 15) is 16.8 Å². The highest BCUT2D eigenvalue weighted by atomic mass is 32.2. The zero-order valence-electron chi connectivity index (χ0n) is 15.6. The van der Waals surface area contributed by atoms with Crippen molar-refractivity contribution in [3.8, 4) is 0 Å². The number of nitrogens with one attached hydrogen (secondary N) is 1. The van der Waals surface area contributed by atoms with Crippen molar-refractivity contribution in [3.05, 3.63) is 59.2 Å². The van der Waals surface area contributed by atoms with E-state index in [1.165, 1.54) is 4.31 Å². The van der Waals surface area contributed by atoms with E-state index in [0.29, 0.717) is 18.7 Å². The van der Waals surface area contributed by atoms with E-state index >= 15 is 0 Å². The summed E-state index contributed by atoms with van der Waals surface area (Å²) in [7, 11) is -7.04. The number of hydrogen-bond acceptors (Lipinski definition) is 4. The molecule has 0 radical (unpaired) electrons. The first-order valence-electron chi connectivity index (χ1n) is 8.80. The predicted octanol–water partition coefficient (Wildman–Crippen LogP) is 2.89. The lowest BCUT2D eigenvalue weighted by Crippen LogP contribution is -2.36. The van der Waals surface area contributed by atoms with E-state index < -0.39 is 25.3 Å². The predicted molar refractivity (Wildman–Crippen MR) is 107 cm³/mol. The lowest BCUT2D eigenvalue weighted by Gasteiger charge is -2.28. The molecule has 0 atom stereocenters. The molecule has 0 aliphatic carbocycles. The van der Waals surface area contributed by atoms with Crippen LogP contribution in [0.25, 0.3) is 0 Å². The standard InChI is InChI=1S/C19H24N2O4S2/c1-14(2)26(22,23)20-18-7-6-16-10-11-21(13-17(16)12-18)27(24,25)19-8-4-15(3)5-9-19/h4-9,12,14,20H,10-11,13H2,1-3H3. The summed E-state index contributed by atoms with van der Waals surface area (Å²) in [6.07, 6.45) is 0.595. The third-order valence-electron chi connectivity index (χ3n) is 4.72. The molecule has 3 rings (SSSR count). The molecular formula is C19H24N2O4S2. The largest absolute Gasteiger partial charge is 0.283 e. The highest BCUT2D eigenvalue weighted by Gasteiger charge is 2.28. The van der Waals surface area contributed by atoms with Gasteiger partial charge in [0.1, 0.15) is 0 Å². The third-order valence-corrected chi connectivity index (χ3v) is 8.34. The summed E-state index contributed by atoms with van der Waals surface area (Å²) in [5.41, 5.74) is 3.32. The van der Waals surface area contributed by atoms with Gasteiger partial charge >= 0.3 is 0 Å². The Labute approximate surface area is 161 Å². The zero-order chi connectivity index (χ0) is 19.8. The number of nitrogens with zero attached hydrogens (tertiary/aromatic N) is 1. The third kappa shape index (κ3) is 4.17. The van der Waals surface area contributed by atoms with E-state index in [4.69, 9.17) is 0 Å². The smallest absolute Gasteiger partial charge is 0.243 e. The molecule has 6 nitrogen and oxygen atoms in total. The van der Waals surface area contributed by atoms with Crippen LogP contribution < -0.4 is 4.72 Å². The van der Waals surface area contributed by atoms with Crippen molar-refractivity contribution >= 4 is 25.7 Å². The molecule has 0 saturated carbocycles. The maximum Gasteiger partial charge on any atom is 0.243 e. The van der Waals surface area contributed by atoms with Crippen LogP contribution in [0.2, 0.25) is 0 Å². The molecule has 0 bridgehead atoms. The van der Waals surface area contributed by atoms with E-state index in [0.717, 1.165) is 16.7 Å². The highest BCUT2D eigenvalue weighted by molar-refractivity contribution is 7.93. The van der Waals surface area contributed by atoms with Crippen LogP contribution in [0, 0.1) is 6.92 Å². The van der Waals surface area contributed by atoms with Gasteiger partial charge in [-0.3, -0.25) is 4.72 Å². The number of anilines is 1. The molecule has 1 aliphatic heterocycles. The number of rotatable bonds is 5. The Kier molecular flexibility index (Phi) is 5.33. The van der Waals surface area contributed by atoms with Gasteiger partial charge in [-0.2, -0.15) is 4.31 Å². The van der Waals surface area contributed by atoms with E-state index in [2.05, 4.69) is 4.72 Å². The van der Waals surface area contributed by atoms with Gasteiger partial charge in [-0.05, 0) is 62.6 Å². The lowest BCUT2D eigenvalue weighted by atomic mass is 10.0. The van der Waals surface area contributed by atoms with Crippen molar-refractivity contribution in [1.82, 2.24) is 4.31 Å². The van der Waals surface area contributed by atoms with Gasteiger partial charge in [-0.15, -0.1) is 0 Å². The van der Waals surface area contributed by atoms with Crippen molar-refractivity contribution in [3.63, 3.8) is 0 Å². The number of hydrogen-bond donors (Lipinski definition) is 1. The Bertz CT molecular complexity index is 1040. The molecule has 1 N–H and O–H groups in total. The number of fused-ring (bicyclic) bond motifs is 1. The highest BCUT2D eigenvalue weighted by Crippen LogP contribution is 2.27. The number of benzene rings is 2. The minimum atomic E-state index is -3.59. The molecule has 1 heterocycles. The summed E-state index contributed by atoms with van der Waals surface area (Å²) < 4.78 is 54.0. The minimum Gasteiger partial charge on any atom is -0.283 e. The van der Waals surface area contributed by atoms with E-state index in [1.54, 1.807) is 50.2 Å². The lowest BCUT2D eigenvalue weighted by molar-refractivity contribution is 0.391. The van der Waals surface area contributed by atoms with Crippen LogP contribution >= 0.6 is 0 Å². The summed E-state index contributed by atoms with van der Waals surface area (Å²) in [4.78, 5) is 0.271. The van der Waals surface area contributed by atoms with Gasteiger partial charge in [-0.1, -0.05) is 23.8 Å². The fraction of sp³-hybridized carbons (Fsp3) is 0.368. The maximum atomic E-state index is 12.9. The van der Waals surface area contributed by atoms with Crippen molar-refractivity contribution in [2.45, 2.75) is 43.9 Å². The fourth-order valence-corrected chi connectivity index (χ4v) is 5.05. The topological polar surface area (TPSA) is 83.6 Å². The molecule has 0 fully saturated rings. The van der Waals surface area contributed by atoms with Gasteiger partial charge in [-0.25, -0.2) is 16.8 Å². The Morgan fingerprint density at radius 2 is 1.63 bits per heavy atom. The van der Waals surface area contributed by atoms with Crippen molar-refractivity contribution in [1.29, 1.82) is 0 Å². The molecule has 1 aliphatic rings. The second kappa shape index (κ2) is 7.26. The summed E-state index contributed by atoms with van der Waals surface area (Å²) in [6, 6.07) is 12.1. The van der Waals surface area contributed by atoms with Gasteiger partial charge < -0.3 is 0 Å². The molecule has 0 amide bonds. The molecular weight excluding hydrogens is 384 g/mol. The van der Waals surface area contributed by atoms with E-state index in [-0.39, 0.29) is 11.4 Å². The van der Waals surface area contributed by atoms with Gasteiger partial charge in [0.15, 0.2) is 0 Å². The maximum absolute atomic E-state index is 12.9. The average molecular weight is 409 g/mol. The van der Waals surface area contributed by atoms with E-state index in [1.807, 2.05) is 13.0 Å². The van der Waals surface area contributed by atoms with Gasteiger partial charge in [0, 0.05) is 18.8 Å². The zero-order valence-corrected chi connectivity index (χ0v) is 17.3. The fourth-order valence-electron chi connectivity index (χ4n) is 2.94. The van der Waals surface area contributed by atoms with Gasteiger partial charge in [0.2, 0.25) is 20.0 Å². The molecule has 0 spiro atoms. The molecule has 146 valence electrons. The molecule has 2 aromatic carbocycles. The first-order chi connectivity index (χ1) is 12.6. The Hall–Kier alpha value is -1.90. The summed E-state index contributed by atoms with van der Waals surface area (Å²) in [5.74, 6) is 0. The van der Waals surface area contributed by atoms with Crippen LogP contribution in [0.3, 0.4) is 0 Å². The summed E-state index contributed by atoms with van der Waals surface area (Å²) in [5, 5.41) is -0.549. The van der Waals surface area contributed by atoms with Crippen LogP contribution in [-0.2, 0) is 33.0 Å². The summed E-state index contributed by atoms with van der Waals surface area (Å²) >= 11 is 0. The normalized spacial score (nSPS) is 15.6. The molecule has 2 aromatic rings. The Morgan fingerprint density at radius 1 is 0.963 bits per heavy atom.